The molecular weight excluding hydrogens is 348 g/mol. The van der Waals surface area contributed by atoms with Gasteiger partial charge in [-0.15, -0.1) is 0 Å². The Morgan fingerprint density at radius 2 is 2.27 bits per heavy atom. The van der Waals surface area contributed by atoms with Crippen molar-refractivity contribution in [1.29, 1.82) is 0 Å². The molecule has 1 amide bonds. The monoisotopic (exact) mass is 362 g/mol. The summed E-state index contributed by atoms with van der Waals surface area (Å²) in [4.78, 5) is 16.4. The predicted octanol–water partition coefficient (Wildman–Crippen LogP) is 3.05. The number of hydrogen-bond acceptors (Lipinski definition) is 4. The van der Waals surface area contributed by atoms with Crippen LogP contribution in [0.25, 0.3) is 11.1 Å². The third-order valence-corrected chi connectivity index (χ3v) is 3.64. The summed E-state index contributed by atoms with van der Waals surface area (Å²) >= 11 is 3.32. The normalized spacial score (nSPS) is 12.5. The molecule has 7 heteroatoms. The molecule has 22 heavy (non-hydrogen) atoms. The molecule has 0 radical (unpaired) electrons. The Balaban J connectivity index is 1.58. The van der Waals surface area contributed by atoms with Crippen LogP contribution in [0.3, 0.4) is 0 Å². The molecule has 3 rings (SSSR count). The van der Waals surface area contributed by atoms with Crippen molar-refractivity contribution < 1.29 is 9.21 Å². The first-order valence-electron chi connectivity index (χ1n) is 6.94. The number of amides is 1. The largest absolute Gasteiger partial charge is 0.438 e. The molecule has 1 aromatic carbocycles. The van der Waals surface area contributed by atoms with Gasteiger partial charge in [0.05, 0.1) is 10.7 Å². The smallest absolute Gasteiger partial charge is 0.222 e. The van der Waals surface area contributed by atoms with Crippen molar-refractivity contribution in [3.8, 4) is 0 Å². The number of nitrogens with one attached hydrogen (secondary N) is 1. The zero-order valence-corrected chi connectivity index (χ0v) is 13.6. The van der Waals surface area contributed by atoms with E-state index >= 15 is 0 Å². The third-order valence-electron chi connectivity index (χ3n) is 3.23. The summed E-state index contributed by atoms with van der Waals surface area (Å²) in [6, 6.07) is 7.26. The highest BCUT2D eigenvalue weighted by molar-refractivity contribution is 9.10. The van der Waals surface area contributed by atoms with Gasteiger partial charge >= 0.3 is 0 Å². The van der Waals surface area contributed by atoms with Crippen LogP contribution in [0, 0.1) is 0 Å². The minimum atomic E-state index is -0.274. The molecule has 114 valence electrons. The molecule has 0 saturated heterocycles. The van der Waals surface area contributed by atoms with E-state index in [9.17, 15) is 4.79 Å². The number of fused-ring (bicyclic) bond motifs is 1. The van der Waals surface area contributed by atoms with E-state index in [1.165, 1.54) is 0 Å². The van der Waals surface area contributed by atoms with Crippen LogP contribution in [0.15, 0.2) is 45.5 Å². The first kappa shape index (κ1) is 14.8. The minimum absolute atomic E-state index is 0.0682. The van der Waals surface area contributed by atoms with E-state index in [0.717, 1.165) is 15.6 Å². The number of nitrogens with zero attached hydrogens (tertiary/aromatic N) is 3. The lowest BCUT2D eigenvalue weighted by Gasteiger charge is -2.10. The fourth-order valence-corrected chi connectivity index (χ4v) is 2.46. The molecular formula is C15H15BrN4O2. The Morgan fingerprint density at radius 3 is 3.00 bits per heavy atom. The van der Waals surface area contributed by atoms with E-state index in [2.05, 4.69) is 31.3 Å². The molecule has 1 atom stereocenters. The number of rotatable bonds is 5. The summed E-state index contributed by atoms with van der Waals surface area (Å²) in [6.07, 6.45) is 3.87. The van der Waals surface area contributed by atoms with Gasteiger partial charge in [0.1, 0.15) is 11.6 Å². The standard InChI is InChI=1S/C15H15BrN4O2/c1-10(15-19-12-4-2-3-5-13(12)22-15)18-14(21)6-7-20-9-11(16)8-17-20/h2-5,8-10H,6-7H2,1H3,(H,18,21). The van der Waals surface area contributed by atoms with Crippen molar-refractivity contribution in [2.24, 2.45) is 0 Å². The molecule has 0 spiro atoms. The molecule has 1 N–H and O–H groups in total. The van der Waals surface area contributed by atoms with Crippen LogP contribution < -0.4 is 5.32 Å². The molecule has 0 aliphatic rings. The number of oxazole rings is 1. The van der Waals surface area contributed by atoms with Gasteiger partial charge in [0.15, 0.2) is 5.58 Å². The second kappa shape index (κ2) is 6.31. The van der Waals surface area contributed by atoms with Crippen molar-refractivity contribution in [2.75, 3.05) is 0 Å². The van der Waals surface area contributed by atoms with Crippen molar-refractivity contribution >= 4 is 32.9 Å². The highest BCUT2D eigenvalue weighted by Crippen LogP contribution is 2.19. The second-order valence-corrected chi connectivity index (χ2v) is 5.90. The first-order valence-corrected chi connectivity index (χ1v) is 7.74. The summed E-state index contributed by atoms with van der Waals surface area (Å²) < 4.78 is 8.26. The Hall–Kier alpha value is -2.15. The summed E-state index contributed by atoms with van der Waals surface area (Å²) in [6.45, 7) is 2.38. The van der Waals surface area contributed by atoms with E-state index in [1.54, 1.807) is 10.9 Å². The van der Waals surface area contributed by atoms with Gasteiger partial charge in [-0.2, -0.15) is 5.10 Å². The number of carbonyl (C=O) groups is 1. The number of hydrogen-bond donors (Lipinski definition) is 1. The van der Waals surface area contributed by atoms with Crippen LogP contribution in [0.1, 0.15) is 25.3 Å². The summed E-state index contributed by atoms with van der Waals surface area (Å²) in [5.74, 6) is 0.442. The predicted molar refractivity (Wildman–Crippen MR) is 85.1 cm³/mol. The van der Waals surface area contributed by atoms with Crippen LogP contribution in [0.4, 0.5) is 0 Å². The first-order chi connectivity index (χ1) is 10.6. The summed E-state index contributed by atoms with van der Waals surface area (Å²) in [5.41, 5.74) is 1.51. The minimum Gasteiger partial charge on any atom is -0.438 e. The molecule has 0 aliphatic heterocycles. The van der Waals surface area contributed by atoms with Gasteiger partial charge in [0.2, 0.25) is 11.8 Å². The van der Waals surface area contributed by atoms with Gasteiger partial charge in [-0.05, 0) is 35.0 Å². The average Bonchev–Trinajstić information content (AvgIpc) is 3.11. The molecule has 0 aliphatic carbocycles. The average molecular weight is 363 g/mol. The van der Waals surface area contributed by atoms with E-state index < -0.39 is 0 Å². The van der Waals surface area contributed by atoms with Gasteiger partial charge in [-0.1, -0.05) is 12.1 Å². The fourth-order valence-electron chi connectivity index (χ4n) is 2.13. The van der Waals surface area contributed by atoms with Gasteiger partial charge in [0, 0.05) is 19.2 Å². The van der Waals surface area contributed by atoms with Crippen LogP contribution in [0.2, 0.25) is 0 Å². The maximum Gasteiger partial charge on any atom is 0.222 e. The molecule has 0 fully saturated rings. The van der Waals surface area contributed by atoms with Crippen molar-refractivity contribution in [3.05, 3.63) is 47.0 Å². The van der Waals surface area contributed by atoms with Crippen molar-refractivity contribution in [2.45, 2.75) is 25.9 Å². The maximum absolute atomic E-state index is 12.0. The number of benzene rings is 1. The number of aromatic nitrogens is 3. The van der Waals surface area contributed by atoms with Crippen molar-refractivity contribution in [3.63, 3.8) is 0 Å². The number of aryl methyl sites for hydroxylation is 1. The summed E-state index contributed by atoms with van der Waals surface area (Å²) in [7, 11) is 0. The second-order valence-electron chi connectivity index (χ2n) is 4.98. The fraction of sp³-hybridized carbons (Fsp3) is 0.267. The number of para-hydroxylation sites is 2. The Bertz CT molecular complexity index is 763. The van der Waals surface area contributed by atoms with Crippen LogP contribution in [0.5, 0.6) is 0 Å². The Labute approximate surface area is 135 Å². The lowest BCUT2D eigenvalue weighted by molar-refractivity contribution is -0.122. The van der Waals surface area contributed by atoms with Gasteiger partial charge in [-0.3, -0.25) is 9.48 Å². The van der Waals surface area contributed by atoms with E-state index in [4.69, 9.17) is 4.42 Å². The van der Waals surface area contributed by atoms with E-state index in [0.29, 0.717) is 18.9 Å². The lowest BCUT2D eigenvalue weighted by Crippen LogP contribution is -2.27. The Kier molecular flexibility index (Phi) is 4.24. The Morgan fingerprint density at radius 1 is 1.45 bits per heavy atom. The third kappa shape index (κ3) is 3.36. The highest BCUT2D eigenvalue weighted by Gasteiger charge is 2.15. The molecule has 0 saturated carbocycles. The van der Waals surface area contributed by atoms with Crippen LogP contribution in [-0.4, -0.2) is 20.7 Å². The van der Waals surface area contributed by atoms with E-state index in [1.807, 2.05) is 37.4 Å². The molecule has 2 heterocycles. The summed E-state index contributed by atoms with van der Waals surface area (Å²) in [5, 5.41) is 7.00. The van der Waals surface area contributed by atoms with Gasteiger partial charge in [0.25, 0.3) is 0 Å². The molecule has 3 aromatic rings. The SMILES string of the molecule is CC(NC(=O)CCn1cc(Br)cn1)c1nc2ccccc2o1. The number of halogens is 1. The molecule has 1 unspecified atom stereocenters. The number of carbonyl (C=O) groups excluding carboxylic acids is 1. The quantitative estimate of drug-likeness (QED) is 0.756. The van der Waals surface area contributed by atoms with Crippen LogP contribution in [-0.2, 0) is 11.3 Å². The van der Waals surface area contributed by atoms with Crippen molar-refractivity contribution in [1.82, 2.24) is 20.1 Å². The zero-order valence-electron chi connectivity index (χ0n) is 12.0. The lowest BCUT2D eigenvalue weighted by atomic mass is 10.3. The van der Waals surface area contributed by atoms with Gasteiger partial charge in [-0.25, -0.2) is 4.98 Å². The molecule has 2 aromatic heterocycles. The van der Waals surface area contributed by atoms with Crippen LogP contribution >= 0.6 is 15.9 Å². The topological polar surface area (TPSA) is 73.0 Å². The highest BCUT2D eigenvalue weighted by atomic mass is 79.9. The molecule has 6 nitrogen and oxygen atoms in total. The zero-order chi connectivity index (χ0) is 15.5. The van der Waals surface area contributed by atoms with E-state index in [-0.39, 0.29) is 11.9 Å². The molecule has 0 bridgehead atoms. The van der Waals surface area contributed by atoms with Gasteiger partial charge < -0.3 is 9.73 Å². The maximum atomic E-state index is 12.0.